The van der Waals surface area contributed by atoms with Crippen LogP contribution in [0.5, 0.6) is 0 Å². The second-order valence-corrected chi connectivity index (χ2v) is 10.2. The van der Waals surface area contributed by atoms with Gasteiger partial charge in [-0.05, 0) is 74.4 Å². The van der Waals surface area contributed by atoms with Crippen molar-refractivity contribution in [3.05, 3.63) is 99.0 Å². The fourth-order valence-corrected chi connectivity index (χ4v) is 4.73. The Balaban J connectivity index is 1.64. The minimum Gasteiger partial charge on any atom is -0.462 e. The van der Waals surface area contributed by atoms with Crippen LogP contribution in [0.2, 0.25) is 5.02 Å². The molecule has 0 saturated carbocycles. The van der Waals surface area contributed by atoms with Gasteiger partial charge in [0.1, 0.15) is 10.6 Å². The molecule has 0 aliphatic carbocycles. The second kappa shape index (κ2) is 11.7. The number of amides is 2. The first-order valence-corrected chi connectivity index (χ1v) is 13.2. The van der Waals surface area contributed by atoms with Crippen LogP contribution >= 0.6 is 23.4 Å². The maximum atomic E-state index is 13.6. The number of anilines is 2. The molecule has 8 heteroatoms. The fraction of sp³-hybridized carbons (Fsp3) is 0.207. The van der Waals surface area contributed by atoms with Crippen LogP contribution in [0.3, 0.4) is 0 Å². The van der Waals surface area contributed by atoms with E-state index in [0.717, 1.165) is 33.8 Å². The SMILES string of the molecule is CCCCOC(=O)c1ccc(N2C(=O)C(Nc3ccc(C)c(Cl)c3)=C(Sc3ccc(C)cc3)C2=O)cc1. The molecule has 1 aliphatic heterocycles. The van der Waals surface area contributed by atoms with Crippen molar-refractivity contribution < 1.29 is 19.1 Å². The Morgan fingerprint density at radius 3 is 2.32 bits per heavy atom. The first-order valence-electron chi connectivity index (χ1n) is 12.0. The maximum absolute atomic E-state index is 13.6. The Morgan fingerprint density at radius 2 is 1.68 bits per heavy atom. The number of carbonyl (C=O) groups is 3. The van der Waals surface area contributed by atoms with E-state index in [1.807, 2.05) is 57.2 Å². The van der Waals surface area contributed by atoms with Gasteiger partial charge in [-0.15, -0.1) is 0 Å². The number of hydrogen-bond acceptors (Lipinski definition) is 6. The van der Waals surface area contributed by atoms with E-state index in [9.17, 15) is 14.4 Å². The molecule has 0 unspecified atom stereocenters. The predicted octanol–water partition coefficient (Wildman–Crippen LogP) is 6.90. The molecule has 1 heterocycles. The molecule has 3 aromatic rings. The van der Waals surface area contributed by atoms with E-state index < -0.39 is 17.8 Å². The number of unbranched alkanes of at least 4 members (excludes halogenated alkanes) is 1. The predicted molar refractivity (Wildman–Crippen MR) is 148 cm³/mol. The third-order valence-electron chi connectivity index (χ3n) is 5.82. The molecule has 0 fully saturated rings. The number of nitrogens with zero attached hydrogens (tertiary/aromatic N) is 1. The number of rotatable bonds is 9. The van der Waals surface area contributed by atoms with Crippen molar-refractivity contribution in [3.63, 3.8) is 0 Å². The van der Waals surface area contributed by atoms with Crippen LogP contribution in [0, 0.1) is 13.8 Å². The monoisotopic (exact) mass is 534 g/mol. The molecule has 0 spiro atoms. The van der Waals surface area contributed by atoms with Gasteiger partial charge in [0.15, 0.2) is 0 Å². The zero-order valence-electron chi connectivity index (χ0n) is 20.8. The molecule has 37 heavy (non-hydrogen) atoms. The van der Waals surface area contributed by atoms with Gasteiger partial charge in [0.2, 0.25) is 0 Å². The van der Waals surface area contributed by atoms with Gasteiger partial charge in [-0.25, -0.2) is 9.69 Å². The van der Waals surface area contributed by atoms with Crippen LogP contribution in [-0.2, 0) is 14.3 Å². The molecular formula is C29H27ClN2O4S. The molecule has 1 aliphatic rings. The molecule has 0 radical (unpaired) electrons. The summed E-state index contributed by atoms with van der Waals surface area (Å²) in [6, 6.07) is 19.4. The number of aryl methyl sites for hydroxylation is 2. The van der Waals surface area contributed by atoms with Gasteiger partial charge in [0.25, 0.3) is 11.8 Å². The van der Waals surface area contributed by atoms with Gasteiger partial charge < -0.3 is 10.1 Å². The second-order valence-electron chi connectivity index (χ2n) is 8.69. The van der Waals surface area contributed by atoms with E-state index in [1.165, 1.54) is 11.8 Å². The Labute approximate surface area is 225 Å². The Hall–Kier alpha value is -3.55. The highest BCUT2D eigenvalue weighted by molar-refractivity contribution is 8.04. The van der Waals surface area contributed by atoms with Crippen LogP contribution in [-0.4, -0.2) is 24.4 Å². The van der Waals surface area contributed by atoms with Crippen molar-refractivity contribution in [2.45, 2.75) is 38.5 Å². The number of benzene rings is 3. The number of imide groups is 1. The van der Waals surface area contributed by atoms with E-state index >= 15 is 0 Å². The van der Waals surface area contributed by atoms with Gasteiger partial charge >= 0.3 is 5.97 Å². The Morgan fingerprint density at radius 1 is 0.973 bits per heavy atom. The number of nitrogens with one attached hydrogen (secondary N) is 1. The average molecular weight is 535 g/mol. The molecule has 0 saturated heterocycles. The highest BCUT2D eigenvalue weighted by Gasteiger charge is 2.40. The molecule has 0 atom stereocenters. The van der Waals surface area contributed by atoms with Gasteiger partial charge in [-0.1, -0.05) is 60.5 Å². The average Bonchev–Trinajstić information content (AvgIpc) is 3.11. The number of hydrogen-bond donors (Lipinski definition) is 1. The van der Waals surface area contributed by atoms with Crippen LogP contribution in [0.1, 0.15) is 41.3 Å². The van der Waals surface area contributed by atoms with E-state index in [2.05, 4.69) is 5.32 Å². The van der Waals surface area contributed by atoms with Gasteiger partial charge in [-0.3, -0.25) is 9.59 Å². The Bertz CT molecular complexity index is 1370. The van der Waals surface area contributed by atoms with Crippen LogP contribution in [0.4, 0.5) is 11.4 Å². The Kier molecular flexibility index (Phi) is 8.36. The summed E-state index contributed by atoms with van der Waals surface area (Å²) in [6.07, 6.45) is 1.71. The zero-order valence-corrected chi connectivity index (χ0v) is 22.4. The number of ether oxygens (including phenoxy) is 1. The van der Waals surface area contributed by atoms with Crippen molar-refractivity contribution in [1.29, 1.82) is 0 Å². The minimum atomic E-state index is -0.491. The van der Waals surface area contributed by atoms with Crippen LogP contribution < -0.4 is 10.2 Å². The minimum absolute atomic E-state index is 0.165. The van der Waals surface area contributed by atoms with Crippen molar-refractivity contribution in [3.8, 4) is 0 Å². The van der Waals surface area contributed by atoms with Gasteiger partial charge in [0.05, 0.1) is 17.9 Å². The largest absolute Gasteiger partial charge is 0.462 e. The first-order chi connectivity index (χ1) is 17.8. The molecule has 190 valence electrons. The summed E-state index contributed by atoms with van der Waals surface area (Å²) >= 11 is 7.51. The molecule has 1 N–H and O–H groups in total. The van der Waals surface area contributed by atoms with Crippen LogP contribution in [0.15, 0.2) is 82.2 Å². The van der Waals surface area contributed by atoms with Crippen molar-refractivity contribution in [2.75, 3.05) is 16.8 Å². The topological polar surface area (TPSA) is 75.7 Å². The summed E-state index contributed by atoms with van der Waals surface area (Å²) in [5, 5.41) is 3.67. The van der Waals surface area contributed by atoms with Gasteiger partial charge in [-0.2, -0.15) is 0 Å². The lowest BCUT2D eigenvalue weighted by atomic mass is 10.2. The first kappa shape index (κ1) is 26.5. The number of carbonyl (C=O) groups excluding carboxylic acids is 3. The van der Waals surface area contributed by atoms with Crippen molar-refractivity contribution >= 4 is 52.5 Å². The summed E-state index contributed by atoms with van der Waals surface area (Å²) in [7, 11) is 0. The fourth-order valence-electron chi connectivity index (χ4n) is 3.63. The molecule has 0 aromatic heterocycles. The van der Waals surface area contributed by atoms with E-state index in [0.29, 0.717) is 28.6 Å². The summed E-state index contributed by atoms with van der Waals surface area (Å²) < 4.78 is 5.25. The lowest BCUT2D eigenvalue weighted by Gasteiger charge is -2.16. The third kappa shape index (κ3) is 6.06. The summed E-state index contributed by atoms with van der Waals surface area (Å²) in [6.45, 7) is 6.24. The van der Waals surface area contributed by atoms with Crippen molar-refractivity contribution in [2.24, 2.45) is 0 Å². The molecule has 2 amide bonds. The van der Waals surface area contributed by atoms with Crippen LogP contribution in [0.25, 0.3) is 0 Å². The number of thioether (sulfide) groups is 1. The maximum Gasteiger partial charge on any atom is 0.338 e. The van der Waals surface area contributed by atoms with Gasteiger partial charge in [0, 0.05) is 15.6 Å². The normalized spacial score (nSPS) is 13.4. The molecule has 6 nitrogen and oxygen atoms in total. The van der Waals surface area contributed by atoms with E-state index in [4.69, 9.17) is 16.3 Å². The smallest absolute Gasteiger partial charge is 0.338 e. The highest BCUT2D eigenvalue weighted by atomic mass is 35.5. The van der Waals surface area contributed by atoms with E-state index in [1.54, 1.807) is 30.3 Å². The summed E-state index contributed by atoms with van der Waals surface area (Å²) in [5.41, 5.74) is 3.47. The van der Waals surface area contributed by atoms with Crippen molar-refractivity contribution in [1.82, 2.24) is 0 Å². The zero-order chi connectivity index (χ0) is 26.5. The summed E-state index contributed by atoms with van der Waals surface area (Å²) in [5.74, 6) is -1.38. The molecule has 4 rings (SSSR count). The summed E-state index contributed by atoms with van der Waals surface area (Å²) in [4.78, 5) is 41.6. The molecular weight excluding hydrogens is 508 g/mol. The highest BCUT2D eigenvalue weighted by Crippen LogP contribution is 2.38. The lowest BCUT2D eigenvalue weighted by Crippen LogP contribution is -2.32. The lowest BCUT2D eigenvalue weighted by molar-refractivity contribution is -0.120. The number of halogens is 1. The molecule has 0 bridgehead atoms. The number of esters is 1. The van der Waals surface area contributed by atoms with E-state index in [-0.39, 0.29) is 10.6 Å². The quantitative estimate of drug-likeness (QED) is 0.183. The standard InChI is InChI=1S/C29H27ClN2O4S/c1-4-5-16-36-29(35)20-9-12-22(13-10-20)32-27(33)25(31-21-11-8-19(3)24(30)17-21)26(28(32)34)37-23-14-6-18(2)7-15-23/h6-15,17,31H,4-5,16H2,1-3H3. The third-order valence-corrected chi connectivity index (χ3v) is 7.31. The molecule has 3 aromatic carbocycles.